The summed E-state index contributed by atoms with van der Waals surface area (Å²) in [6.45, 7) is 8.31. The number of aryl methyl sites for hydroxylation is 1. The van der Waals surface area contributed by atoms with Gasteiger partial charge in [0, 0.05) is 42.5 Å². The Bertz CT molecular complexity index is 744. The zero-order valence-electron chi connectivity index (χ0n) is 16.3. The molecule has 7 heteroatoms. The van der Waals surface area contributed by atoms with E-state index in [2.05, 4.69) is 52.3 Å². The minimum atomic E-state index is -0.0581. The molecule has 1 heterocycles. The van der Waals surface area contributed by atoms with Gasteiger partial charge in [-0.3, -0.25) is 9.79 Å². The van der Waals surface area contributed by atoms with E-state index in [0.29, 0.717) is 18.7 Å². The molecule has 0 spiro atoms. The third-order valence-corrected chi connectivity index (χ3v) is 5.33. The minimum absolute atomic E-state index is 0. The molecule has 0 radical (unpaired) electrons. The average molecular weight is 500 g/mol. The molecule has 2 aromatic rings. The fourth-order valence-corrected chi connectivity index (χ4v) is 3.37. The lowest BCUT2D eigenvalue weighted by molar-refractivity contribution is 0.0954. The van der Waals surface area contributed by atoms with Crippen molar-refractivity contribution >= 4 is 47.2 Å². The number of thiophene rings is 1. The molecular weight excluding hydrogens is 471 g/mol. The highest BCUT2D eigenvalue weighted by molar-refractivity contribution is 14.0. The molecule has 148 valence electrons. The smallest absolute Gasteiger partial charge is 0.251 e. The summed E-state index contributed by atoms with van der Waals surface area (Å²) in [4.78, 5) is 17.7. The average Bonchev–Trinajstić information content (AvgIpc) is 3.16. The Balaban J connectivity index is 0.00000364. The van der Waals surface area contributed by atoms with Crippen LogP contribution in [-0.4, -0.2) is 38.5 Å². The maximum Gasteiger partial charge on any atom is 0.251 e. The first-order valence-electron chi connectivity index (χ1n) is 8.76. The number of benzene rings is 1. The predicted molar refractivity (Wildman–Crippen MR) is 126 cm³/mol. The van der Waals surface area contributed by atoms with E-state index < -0.39 is 0 Å². The molecular formula is C20H29IN4OS. The Kier molecular flexibility index (Phi) is 9.79. The number of nitrogens with zero attached hydrogens (tertiary/aromatic N) is 1. The SMILES string of the molecule is CN=C(NCCNC(=O)c1cccc(C)c1)NCC(C)(C)c1cccs1.I. The highest BCUT2D eigenvalue weighted by Crippen LogP contribution is 2.26. The molecule has 1 amide bonds. The Labute approximate surface area is 183 Å². The molecule has 5 nitrogen and oxygen atoms in total. The molecule has 3 N–H and O–H groups in total. The number of rotatable bonds is 7. The number of halogens is 1. The molecule has 0 bridgehead atoms. The van der Waals surface area contributed by atoms with Crippen LogP contribution < -0.4 is 16.0 Å². The van der Waals surface area contributed by atoms with Gasteiger partial charge in [0.05, 0.1) is 0 Å². The van der Waals surface area contributed by atoms with Crippen LogP contribution in [0.5, 0.6) is 0 Å². The quantitative estimate of drug-likeness (QED) is 0.236. The van der Waals surface area contributed by atoms with Crippen molar-refractivity contribution in [3.05, 3.63) is 57.8 Å². The van der Waals surface area contributed by atoms with Gasteiger partial charge in [0.15, 0.2) is 5.96 Å². The van der Waals surface area contributed by atoms with Crippen LogP contribution >= 0.6 is 35.3 Å². The third-order valence-electron chi connectivity index (χ3n) is 4.09. The van der Waals surface area contributed by atoms with Gasteiger partial charge < -0.3 is 16.0 Å². The van der Waals surface area contributed by atoms with Crippen LogP contribution in [0.2, 0.25) is 0 Å². The van der Waals surface area contributed by atoms with Gasteiger partial charge in [-0.15, -0.1) is 35.3 Å². The van der Waals surface area contributed by atoms with Crippen LogP contribution in [-0.2, 0) is 5.41 Å². The summed E-state index contributed by atoms with van der Waals surface area (Å²) in [6, 6.07) is 11.8. The number of aliphatic imine (C=N–C) groups is 1. The van der Waals surface area contributed by atoms with Crippen molar-refractivity contribution in [2.75, 3.05) is 26.7 Å². The molecule has 0 saturated carbocycles. The first-order chi connectivity index (χ1) is 12.4. The fraction of sp³-hybridized carbons (Fsp3) is 0.400. The van der Waals surface area contributed by atoms with E-state index in [0.717, 1.165) is 18.1 Å². The maximum atomic E-state index is 12.1. The van der Waals surface area contributed by atoms with Gasteiger partial charge in [-0.25, -0.2) is 0 Å². The maximum absolute atomic E-state index is 12.1. The third kappa shape index (κ3) is 7.50. The highest BCUT2D eigenvalue weighted by Gasteiger charge is 2.21. The largest absolute Gasteiger partial charge is 0.356 e. The monoisotopic (exact) mass is 500 g/mol. The second-order valence-electron chi connectivity index (χ2n) is 6.84. The van der Waals surface area contributed by atoms with Crippen LogP contribution in [0.3, 0.4) is 0 Å². The van der Waals surface area contributed by atoms with Gasteiger partial charge in [-0.2, -0.15) is 0 Å². The zero-order valence-corrected chi connectivity index (χ0v) is 19.5. The molecule has 2 rings (SSSR count). The van der Waals surface area contributed by atoms with Crippen LogP contribution in [0.1, 0.15) is 34.6 Å². The highest BCUT2D eigenvalue weighted by atomic mass is 127. The first kappa shape index (κ1) is 23.4. The topological polar surface area (TPSA) is 65.5 Å². The van der Waals surface area contributed by atoms with Gasteiger partial charge in [0.25, 0.3) is 5.91 Å². The fourth-order valence-electron chi connectivity index (χ4n) is 2.52. The normalized spacial score (nSPS) is 11.5. The summed E-state index contributed by atoms with van der Waals surface area (Å²) in [6.07, 6.45) is 0. The van der Waals surface area contributed by atoms with E-state index in [-0.39, 0.29) is 35.3 Å². The second-order valence-corrected chi connectivity index (χ2v) is 7.79. The summed E-state index contributed by atoms with van der Waals surface area (Å²) >= 11 is 1.76. The Morgan fingerprint density at radius 3 is 2.48 bits per heavy atom. The molecule has 0 aliphatic rings. The molecule has 1 aromatic carbocycles. The predicted octanol–water partition coefficient (Wildman–Crippen LogP) is 3.55. The van der Waals surface area contributed by atoms with Crippen molar-refractivity contribution in [2.45, 2.75) is 26.2 Å². The van der Waals surface area contributed by atoms with E-state index in [4.69, 9.17) is 0 Å². The number of amides is 1. The van der Waals surface area contributed by atoms with E-state index in [1.54, 1.807) is 18.4 Å². The van der Waals surface area contributed by atoms with Crippen molar-refractivity contribution in [1.82, 2.24) is 16.0 Å². The van der Waals surface area contributed by atoms with Gasteiger partial charge in [-0.1, -0.05) is 37.6 Å². The summed E-state index contributed by atoms with van der Waals surface area (Å²) in [7, 11) is 1.75. The number of carbonyl (C=O) groups is 1. The summed E-state index contributed by atoms with van der Waals surface area (Å²) in [5.74, 6) is 0.678. The lowest BCUT2D eigenvalue weighted by Gasteiger charge is -2.25. The number of guanidine groups is 1. The number of carbonyl (C=O) groups excluding carboxylic acids is 1. The summed E-state index contributed by atoms with van der Waals surface area (Å²) < 4.78 is 0. The molecule has 0 unspecified atom stereocenters. The molecule has 1 aromatic heterocycles. The van der Waals surface area contributed by atoms with Gasteiger partial charge in [0.1, 0.15) is 0 Å². The van der Waals surface area contributed by atoms with E-state index in [1.807, 2.05) is 31.2 Å². The second kappa shape index (κ2) is 11.3. The van der Waals surface area contributed by atoms with E-state index >= 15 is 0 Å². The van der Waals surface area contributed by atoms with Crippen molar-refractivity contribution in [3.63, 3.8) is 0 Å². The molecule has 27 heavy (non-hydrogen) atoms. The minimum Gasteiger partial charge on any atom is -0.356 e. The van der Waals surface area contributed by atoms with Crippen molar-refractivity contribution in [1.29, 1.82) is 0 Å². The van der Waals surface area contributed by atoms with Crippen molar-refractivity contribution in [3.8, 4) is 0 Å². The summed E-state index contributed by atoms with van der Waals surface area (Å²) in [5.41, 5.74) is 1.80. The molecule has 0 atom stereocenters. The number of hydrogen-bond acceptors (Lipinski definition) is 3. The van der Waals surface area contributed by atoms with Gasteiger partial charge in [-0.05, 0) is 30.5 Å². The molecule has 0 aliphatic heterocycles. The summed E-state index contributed by atoms with van der Waals surface area (Å²) in [5, 5.41) is 11.6. The zero-order chi connectivity index (χ0) is 19.0. The Morgan fingerprint density at radius 1 is 1.11 bits per heavy atom. The van der Waals surface area contributed by atoms with E-state index in [1.165, 1.54) is 4.88 Å². The van der Waals surface area contributed by atoms with Crippen LogP contribution in [0.15, 0.2) is 46.8 Å². The number of nitrogens with one attached hydrogen (secondary N) is 3. The lowest BCUT2D eigenvalue weighted by Crippen LogP contribution is -2.45. The van der Waals surface area contributed by atoms with Crippen LogP contribution in [0.25, 0.3) is 0 Å². The molecule has 0 saturated heterocycles. The van der Waals surface area contributed by atoms with Gasteiger partial charge >= 0.3 is 0 Å². The molecule has 0 fully saturated rings. The van der Waals surface area contributed by atoms with E-state index in [9.17, 15) is 4.79 Å². The molecule has 0 aliphatic carbocycles. The van der Waals surface area contributed by atoms with Crippen molar-refractivity contribution in [2.24, 2.45) is 4.99 Å². The first-order valence-corrected chi connectivity index (χ1v) is 9.64. The van der Waals surface area contributed by atoms with Crippen LogP contribution in [0, 0.1) is 6.92 Å². The Morgan fingerprint density at radius 2 is 1.85 bits per heavy atom. The van der Waals surface area contributed by atoms with Crippen LogP contribution in [0.4, 0.5) is 0 Å². The van der Waals surface area contributed by atoms with Crippen molar-refractivity contribution < 1.29 is 4.79 Å². The lowest BCUT2D eigenvalue weighted by atomic mass is 9.91. The number of hydrogen-bond donors (Lipinski definition) is 3. The van der Waals surface area contributed by atoms with Gasteiger partial charge in [0.2, 0.25) is 0 Å². The standard InChI is InChI=1S/C20H28N4OS.HI/c1-15-7-5-8-16(13-15)18(25)22-10-11-23-19(21-4)24-14-20(2,3)17-9-6-12-26-17;/h5-9,12-13H,10-11,14H2,1-4H3,(H,22,25)(H2,21,23,24);1H. The Hall–Kier alpha value is -1.61.